The molecule has 0 saturated heterocycles. The summed E-state index contributed by atoms with van der Waals surface area (Å²) in [7, 11) is 0. The molecule has 0 amide bonds. The Morgan fingerprint density at radius 1 is 0.407 bits per heavy atom. The van der Waals surface area contributed by atoms with Crippen LogP contribution in [0.3, 0.4) is 0 Å². The van der Waals surface area contributed by atoms with Crippen molar-refractivity contribution in [2.45, 2.75) is 394 Å². The van der Waals surface area contributed by atoms with Gasteiger partial charge in [-0.15, -0.1) is 0 Å². The van der Waals surface area contributed by atoms with Crippen LogP contribution >= 0.6 is 0 Å². The maximum absolute atomic E-state index is 12.0. The molecule has 0 bridgehead atoms. The summed E-state index contributed by atoms with van der Waals surface area (Å²) in [5, 5.41) is 10.2. The van der Waals surface area contributed by atoms with Gasteiger partial charge in [0.15, 0.2) is 17.3 Å². The molecule has 16 aliphatic rings. The molecule has 12 saturated carbocycles. The van der Waals surface area contributed by atoms with Gasteiger partial charge < -0.3 is 5.11 Å². The highest BCUT2D eigenvalue weighted by Gasteiger charge is 2.64. The van der Waals surface area contributed by atoms with E-state index in [1.54, 1.807) is 5.57 Å². The predicted octanol–water partition coefficient (Wildman–Crippen LogP) is 30.0. The first-order chi connectivity index (χ1) is 53.4. The number of allylic oxidation sites excluding steroid dienone is 11. The van der Waals surface area contributed by atoms with E-state index in [0.717, 1.165) is 177 Å². The Morgan fingerprint density at radius 2 is 0.779 bits per heavy atom. The van der Waals surface area contributed by atoms with Gasteiger partial charge in [0.25, 0.3) is 0 Å². The van der Waals surface area contributed by atoms with Crippen molar-refractivity contribution in [3.8, 4) is 0 Å². The molecule has 16 rings (SSSR count). The van der Waals surface area contributed by atoms with Crippen molar-refractivity contribution < 1.29 is 19.5 Å². The number of aliphatic hydroxyl groups excluding tert-OH is 1. The maximum atomic E-state index is 12.0. The van der Waals surface area contributed by atoms with Crippen LogP contribution in [0.5, 0.6) is 0 Å². The van der Waals surface area contributed by atoms with E-state index in [-0.39, 0.29) is 6.10 Å². The number of hydrogen-bond donors (Lipinski definition) is 1. The number of aliphatic hydroxyl groups is 1. The first kappa shape index (κ1) is 87.4. The summed E-state index contributed by atoms with van der Waals surface area (Å²) in [6.45, 7) is 57.3. The smallest absolute Gasteiger partial charge is 0.155 e. The molecule has 4 nitrogen and oxygen atoms in total. The van der Waals surface area contributed by atoms with Gasteiger partial charge in [-0.2, -0.15) is 0 Å². The van der Waals surface area contributed by atoms with Crippen molar-refractivity contribution in [3.63, 3.8) is 0 Å². The number of carbonyl (C=O) groups excluding carboxylic acids is 3. The van der Waals surface area contributed by atoms with E-state index in [1.807, 2.05) is 6.08 Å². The number of ketones is 3. The van der Waals surface area contributed by atoms with Gasteiger partial charge in [-0.25, -0.2) is 0 Å². The molecule has 16 aliphatic carbocycles. The van der Waals surface area contributed by atoms with E-state index < -0.39 is 0 Å². The quantitative estimate of drug-likeness (QED) is 0.139. The van der Waals surface area contributed by atoms with Crippen LogP contribution in [0.25, 0.3) is 0 Å². The summed E-state index contributed by atoms with van der Waals surface area (Å²) in [6, 6.07) is 0. The Hall–Kier alpha value is -3.37. The lowest BCUT2D eigenvalue weighted by Gasteiger charge is -2.58. The molecule has 4 heteroatoms. The second-order valence-electron chi connectivity index (χ2n) is 46.5. The highest BCUT2D eigenvalue weighted by atomic mass is 16.3. The fourth-order valence-electron chi connectivity index (χ4n) is 33.0. The van der Waals surface area contributed by atoms with Crippen LogP contribution in [0.4, 0.5) is 0 Å². The van der Waals surface area contributed by atoms with Crippen molar-refractivity contribution in [1.82, 2.24) is 0 Å². The van der Waals surface area contributed by atoms with E-state index in [2.05, 4.69) is 175 Å². The third kappa shape index (κ3) is 16.7. The van der Waals surface area contributed by atoms with Crippen LogP contribution in [0, 0.1) is 162 Å². The van der Waals surface area contributed by atoms with Crippen molar-refractivity contribution in [2.75, 3.05) is 0 Å². The van der Waals surface area contributed by atoms with Gasteiger partial charge in [0.1, 0.15) is 0 Å². The van der Waals surface area contributed by atoms with Crippen LogP contribution in [0.1, 0.15) is 388 Å². The van der Waals surface area contributed by atoms with E-state index >= 15 is 0 Å². The Kier molecular flexibility index (Phi) is 26.8. The van der Waals surface area contributed by atoms with Gasteiger partial charge in [0.2, 0.25) is 0 Å². The van der Waals surface area contributed by atoms with Crippen molar-refractivity contribution in [3.05, 3.63) is 106 Å². The molecule has 0 aromatic heterocycles. The van der Waals surface area contributed by atoms with Gasteiger partial charge in [0, 0.05) is 19.3 Å². The highest BCUT2D eigenvalue weighted by molar-refractivity contribution is 5.92. The van der Waals surface area contributed by atoms with Gasteiger partial charge >= 0.3 is 0 Å². The molecule has 27 atom stereocenters. The summed E-state index contributed by atoms with van der Waals surface area (Å²) in [6.07, 6.45) is 65.0. The molecular formula is C109H170O4. The fraction of sp³-hybridized carbons (Fsp3) is 0.807. The molecule has 0 spiro atoms. The molecule has 0 aliphatic heterocycles. The third-order valence-corrected chi connectivity index (χ3v) is 39.7. The molecule has 113 heavy (non-hydrogen) atoms. The molecular weight excluding hydrogens is 1370 g/mol. The molecule has 0 aromatic rings. The Balaban J connectivity index is 0.000000132. The minimum absolute atomic E-state index is 0.0928. The normalized spacial score (nSPS) is 43.4. The minimum Gasteiger partial charge on any atom is -0.393 e. The van der Waals surface area contributed by atoms with Crippen molar-refractivity contribution in [1.29, 1.82) is 0 Å². The lowest BCUT2D eigenvalue weighted by molar-refractivity contribution is -0.118. The largest absolute Gasteiger partial charge is 0.393 e. The minimum atomic E-state index is -0.0928. The van der Waals surface area contributed by atoms with Crippen LogP contribution < -0.4 is 0 Å². The summed E-state index contributed by atoms with van der Waals surface area (Å²) in [5.41, 5.74) is 16.8. The van der Waals surface area contributed by atoms with E-state index in [1.165, 1.54) is 244 Å². The average molecular weight is 1540 g/mol. The summed E-state index contributed by atoms with van der Waals surface area (Å²) < 4.78 is 0. The standard InChI is InChI=1S/C28H44O.C27H44O.C27H42O.C27H40O/c1-18(2)19(3)7-8-20(4)24-11-12-25-23-10-9-21-17-22(29)13-15-27(21,5)26(23)14-16-28(24,25)6;3*1-18(2)7-6-8-19(3)23-11-12-24-22-10-9-20-17-21(28)13-15-26(20,4)25(22)14-16-27(23,24)5/h17-18,20,23-26H,3,7-16H2,1-2,4-6H3;17-19,22-25H,6-16H2,1-5H3;7,9,21-25,28H,3,6,8,10-17H2,1-2,4-5H3;7,17,22-25H,3,6,8-16H2,1-2,4-5H3/t20-,23+,24-,25+,26+,27+,28-;19-,22+,23-,24+,25+,26+,27-;21-,22-,23+,24-,25-,26-,27+;22-,23+,24-,25-,26-,27+/m1100/s1. The van der Waals surface area contributed by atoms with Gasteiger partial charge in [-0.05, 0) is 432 Å². The van der Waals surface area contributed by atoms with Crippen LogP contribution in [0.15, 0.2) is 106 Å². The first-order valence-electron chi connectivity index (χ1n) is 48.8. The molecule has 1 N–H and O–H groups in total. The zero-order valence-corrected chi connectivity index (χ0v) is 76.4. The second kappa shape index (κ2) is 34.6. The number of fused-ring (bicyclic) bond motifs is 20. The number of rotatable bonds is 18. The fourth-order valence-corrected chi connectivity index (χ4v) is 33.0. The highest BCUT2D eigenvalue weighted by Crippen LogP contribution is 2.73. The zero-order valence-electron chi connectivity index (χ0n) is 76.4. The van der Waals surface area contributed by atoms with Crippen molar-refractivity contribution >= 4 is 17.3 Å². The Bertz CT molecular complexity index is 3670. The van der Waals surface area contributed by atoms with E-state index in [4.69, 9.17) is 0 Å². The lowest BCUT2D eigenvalue weighted by atomic mass is 9.46. The molecule has 0 unspecified atom stereocenters. The number of hydrogen-bond acceptors (Lipinski definition) is 4. The SMILES string of the molecule is C=C(CCC=C(C)C)[C@H]1CC[C@H]2[C@@H]3CC=C4C[C@@H](O)CC[C@]4(C)[C@H]3CC[C@]12C.C=C(CCC=C(C)C)[C@H]1CC[C@H]2[C@@H]3CCC4=CC(=O)CC[C@]4(C)[C@H]3CC[C@]12C.C=C(CC[C@@H](C)[C@H]1CC[C@H]2[C@@H]3CCC4=CC(=O)CC[C@]4(C)[C@H]3CC[C@]12C)C(C)C.CC(C)CCC[C@@H](C)[C@H]1CC[C@H]2[C@@H]3CCC4=CC(=O)CC[C@]4(C)[C@H]3CC[C@]12C. The molecule has 0 aromatic carbocycles. The third-order valence-electron chi connectivity index (χ3n) is 39.7. The van der Waals surface area contributed by atoms with Gasteiger partial charge in [-0.3, -0.25) is 14.4 Å². The first-order valence-corrected chi connectivity index (χ1v) is 48.8. The molecule has 630 valence electrons. The maximum Gasteiger partial charge on any atom is 0.155 e. The monoisotopic (exact) mass is 1540 g/mol. The Morgan fingerprint density at radius 3 is 1.19 bits per heavy atom. The number of carbonyl (C=O) groups is 3. The topological polar surface area (TPSA) is 71.4 Å². The second-order valence-corrected chi connectivity index (χ2v) is 46.5. The predicted molar refractivity (Wildman–Crippen MR) is 478 cm³/mol. The average Bonchev–Trinajstić information content (AvgIpc) is 1.71. The summed E-state index contributed by atoms with van der Waals surface area (Å²) in [5.74, 6) is 18.1. The van der Waals surface area contributed by atoms with Crippen LogP contribution in [-0.2, 0) is 14.4 Å². The lowest BCUT2D eigenvalue weighted by Crippen LogP contribution is -2.51. The van der Waals surface area contributed by atoms with E-state index in [9.17, 15) is 19.5 Å². The summed E-state index contributed by atoms with van der Waals surface area (Å²) >= 11 is 0. The van der Waals surface area contributed by atoms with Crippen molar-refractivity contribution in [2.24, 2.45) is 162 Å². The van der Waals surface area contributed by atoms with Crippen LogP contribution in [0.2, 0.25) is 0 Å². The van der Waals surface area contributed by atoms with Crippen LogP contribution in [-0.4, -0.2) is 28.6 Å². The molecule has 12 fully saturated rings. The van der Waals surface area contributed by atoms with Gasteiger partial charge in [-0.1, -0.05) is 204 Å². The summed E-state index contributed by atoms with van der Waals surface area (Å²) in [4.78, 5) is 36.1. The molecule has 0 radical (unpaired) electrons. The Labute approximate surface area is 694 Å². The molecule has 0 heterocycles. The zero-order chi connectivity index (χ0) is 81.3. The van der Waals surface area contributed by atoms with Gasteiger partial charge in [0.05, 0.1) is 6.10 Å². The van der Waals surface area contributed by atoms with E-state index in [0.29, 0.717) is 66.6 Å².